The van der Waals surface area contributed by atoms with Gasteiger partial charge < -0.3 is 15.3 Å². The average Bonchev–Trinajstić information content (AvgIpc) is 2.20. The summed E-state index contributed by atoms with van der Waals surface area (Å²) in [5.74, 6) is -0.584. The molecule has 1 unspecified atom stereocenters. The van der Waals surface area contributed by atoms with Crippen molar-refractivity contribution in [2.24, 2.45) is 5.92 Å². The number of urea groups is 1. The van der Waals surface area contributed by atoms with E-state index in [2.05, 4.69) is 5.32 Å². The molecule has 98 valence electrons. The standard InChI is InChI=1S/C12H22N2O3/c1-9(6-7-11(15)16)8-13-12(17)14(2)10-4-3-5-10/h9-10H,3-8H2,1-2H3,(H,13,17)(H,15,16). The number of rotatable bonds is 6. The van der Waals surface area contributed by atoms with Crippen molar-refractivity contribution < 1.29 is 14.7 Å². The number of hydrogen-bond acceptors (Lipinski definition) is 2. The minimum Gasteiger partial charge on any atom is -0.481 e. The molecule has 1 aliphatic rings. The number of hydrogen-bond donors (Lipinski definition) is 2. The van der Waals surface area contributed by atoms with Crippen LogP contribution in [0, 0.1) is 5.92 Å². The van der Waals surface area contributed by atoms with Gasteiger partial charge in [0.05, 0.1) is 0 Å². The van der Waals surface area contributed by atoms with Crippen LogP contribution < -0.4 is 5.32 Å². The van der Waals surface area contributed by atoms with Crippen LogP contribution in [-0.4, -0.2) is 41.6 Å². The van der Waals surface area contributed by atoms with Crippen LogP contribution in [-0.2, 0) is 4.79 Å². The Labute approximate surface area is 102 Å². The predicted molar refractivity (Wildman–Crippen MR) is 64.8 cm³/mol. The molecule has 1 aliphatic carbocycles. The molecular formula is C12H22N2O3. The maximum absolute atomic E-state index is 11.7. The molecule has 1 saturated carbocycles. The summed E-state index contributed by atoms with van der Waals surface area (Å²) >= 11 is 0. The van der Waals surface area contributed by atoms with E-state index in [9.17, 15) is 9.59 Å². The number of amides is 2. The van der Waals surface area contributed by atoms with Crippen LogP contribution >= 0.6 is 0 Å². The Hall–Kier alpha value is -1.26. The molecule has 1 atom stereocenters. The zero-order valence-electron chi connectivity index (χ0n) is 10.6. The molecule has 1 rings (SSSR count). The van der Waals surface area contributed by atoms with Crippen molar-refractivity contribution in [2.45, 2.75) is 45.1 Å². The van der Waals surface area contributed by atoms with Crippen molar-refractivity contribution in [1.82, 2.24) is 10.2 Å². The van der Waals surface area contributed by atoms with E-state index in [0.717, 1.165) is 12.8 Å². The normalized spacial score (nSPS) is 17.1. The van der Waals surface area contributed by atoms with Gasteiger partial charge in [0, 0.05) is 26.1 Å². The molecule has 0 aromatic heterocycles. The summed E-state index contributed by atoms with van der Waals surface area (Å²) in [5, 5.41) is 11.4. The molecule has 5 heteroatoms. The van der Waals surface area contributed by atoms with Gasteiger partial charge in [0.15, 0.2) is 0 Å². The number of carbonyl (C=O) groups excluding carboxylic acids is 1. The fraction of sp³-hybridized carbons (Fsp3) is 0.833. The number of carboxylic acid groups (broad SMARTS) is 1. The molecule has 0 heterocycles. The van der Waals surface area contributed by atoms with Crippen LogP contribution in [0.25, 0.3) is 0 Å². The first-order chi connectivity index (χ1) is 8.00. The summed E-state index contributed by atoms with van der Waals surface area (Å²) in [4.78, 5) is 23.9. The molecule has 0 spiro atoms. The van der Waals surface area contributed by atoms with Gasteiger partial charge in [-0.15, -0.1) is 0 Å². The highest BCUT2D eigenvalue weighted by molar-refractivity contribution is 5.74. The van der Waals surface area contributed by atoms with E-state index in [1.54, 1.807) is 4.90 Å². The third kappa shape index (κ3) is 4.63. The fourth-order valence-electron chi connectivity index (χ4n) is 1.80. The van der Waals surface area contributed by atoms with Crippen molar-refractivity contribution >= 4 is 12.0 Å². The highest BCUT2D eigenvalue weighted by Crippen LogP contribution is 2.23. The van der Waals surface area contributed by atoms with E-state index >= 15 is 0 Å². The van der Waals surface area contributed by atoms with Crippen LogP contribution in [0.15, 0.2) is 0 Å². The molecule has 1 fully saturated rings. The first kappa shape index (κ1) is 13.8. The lowest BCUT2D eigenvalue weighted by Gasteiger charge is -2.34. The predicted octanol–water partition coefficient (Wildman–Crippen LogP) is 1.68. The second-order valence-corrected chi connectivity index (χ2v) is 4.92. The summed E-state index contributed by atoms with van der Waals surface area (Å²) in [5.41, 5.74) is 0. The van der Waals surface area contributed by atoms with Gasteiger partial charge in [-0.25, -0.2) is 4.79 Å². The van der Waals surface area contributed by atoms with Gasteiger partial charge in [0.25, 0.3) is 0 Å². The summed E-state index contributed by atoms with van der Waals surface area (Å²) < 4.78 is 0. The number of aliphatic carboxylic acids is 1. The lowest BCUT2D eigenvalue weighted by atomic mass is 9.92. The third-order valence-corrected chi connectivity index (χ3v) is 3.40. The van der Waals surface area contributed by atoms with E-state index in [1.165, 1.54) is 6.42 Å². The highest BCUT2D eigenvalue weighted by Gasteiger charge is 2.25. The number of carbonyl (C=O) groups is 2. The fourth-order valence-corrected chi connectivity index (χ4v) is 1.80. The topological polar surface area (TPSA) is 69.6 Å². The molecule has 0 aromatic carbocycles. The van der Waals surface area contributed by atoms with Gasteiger partial charge >= 0.3 is 12.0 Å². The summed E-state index contributed by atoms with van der Waals surface area (Å²) in [6.45, 7) is 2.50. The van der Waals surface area contributed by atoms with Crippen molar-refractivity contribution in [3.8, 4) is 0 Å². The van der Waals surface area contributed by atoms with Gasteiger partial charge in [-0.2, -0.15) is 0 Å². The molecule has 0 aromatic rings. The van der Waals surface area contributed by atoms with Crippen LogP contribution in [0.4, 0.5) is 4.79 Å². The molecule has 2 N–H and O–H groups in total. The van der Waals surface area contributed by atoms with Crippen molar-refractivity contribution in [2.75, 3.05) is 13.6 Å². The largest absolute Gasteiger partial charge is 0.481 e. The van der Waals surface area contributed by atoms with Crippen molar-refractivity contribution in [1.29, 1.82) is 0 Å². The van der Waals surface area contributed by atoms with Gasteiger partial charge in [0.2, 0.25) is 0 Å². The van der Waals surface area contributed by atoms with E-state index < -0.39 is 5.97 Å². The van der Waals surface area contributed by atoms with Gasteiger partial charge in [-0.05, 0) is 31.6 Å². The number of nitrogens with one attached hydrogen (secondary N) is 1. The van der Waals surface area contributed by atoms with Crippen LogP contribution in [0.1, 0.15) is 39.0 Å². The van der Waals surface area contributed by atoms with Crippen molar-refractivity contribution in [3.63, 3.8) is 0 Å². The molecule has 2 amide bonds. The van der Waals surface area contributed by atoms with E-state index in [1.807, 2.05) is 14.0 Å². The third-order valence-electron chi connectivity index (χ3n) is 3.40. The Kier molecular flexibility index (Phi) is 5.25. The monoisotopic (exact) mass is 242 g/mol. The Morgan fingerprint density at radius 3 is 2.59 bits per heavy atom. The zero-order chi connectivity index (χ0) is 12.8. The first-order valence-electron chi connectivity index (χ1n) is 6.23. The maximum Gasteiger partial charge on any atom is 0.317 e. The molecule has 0 aliphatic heterocycles. The van der Waals surface area contributed by atoms with E-state index in [-0.39, 0.29) is 18.4 Å². The van der Waals surface area contributed by atoms with Crippen LogP contribution in [0.5, 0.6) is 0 Å². The van der Waals surface area contributed by atoms with Crippen molar-refractivity contribution in [3.05, 3.63) is 0 Å². The molecule has 0 radical (unpaired) electrons. The Morgan fingerprint density at radius 1 is 1.47 bits per heavy atom. The maximum atomic E-state index is 11.7. The van der Waals surface area contributed by atoms with Gasteiger partial charge in [0.1, 0.15) is 0 Å². The van der Waals surface area contributed by atoms with Gasteiger partial charge in [-0.3, -0.25) is 4.79 Å². The Balaban J connectivity index is 2.15. The molecule has 0 bridgehead atoms. The smallest absolute Gasteiger partial charge is 0.317 e. The summed E-state index contributed by atoms with van der Waals surface area (Å²) in [6.07, 6.45) is 4.16. The van der Waals surface area contributed by atoms with E-state index in [0.29, 0.717) is 19.0 Å². The minimum absolute atomic E-state index is 0.0446. The van der Waals surface area contributed by atoms with E-state index in [4.69, 9.17) is 5.11 Å². The number of carboxylic acids is 1. The quantitative estimate of drug-likeness (QED) is 0.744. The Bertz CT molecular complexity index is 277. The first-order valence-corrected chi connectivity index (χ1v) is 6.23. The zero-order valence-corrected chi connectivity index (χ0v) is 10.6. The molecular weight excluding hydrogens is 220 g/mol. The lowest BCUT2D eigenvalue weighted by Crippen LogP contribution is -2.47. The Morgan fingerprint density at radius 2 is 2.12 bits per heavy atom. The minimum atomic E-state index is -0.783. The average molecular weight is 242 g/mol. The van der Waals surface area contributed by atoms with Crippen LogP contribution in [0.2, 0.25) is 0 Å². The van der Waals surface area contributed by atoms with Crippen LogP contribution in [0.3, 0.4) is 0 Å². The molecule has 17 heavy (non-hydrogen) atoms. The molecule has 5 nitrogen and oxygen atoms in total. The SMILES string of the molecule is CC(CCC(=O)O)CNC(=O)N(C)C1CCC1. The summed E-state index contributed by atoms with van der Waals surface area (Å²) in [7, 11) is 1.82. The summed E-state index contributed by atoms with van der Waals surface area (Å²) in [6, 6.07) is 0.348. The number of nitrogens with zero attached hydrogens (tertiary/aromatic N) is 1. The second-order valence-electron chi connectivity index (χ2n) is 4.92. The highest BCUT2D eigenvalue weighted by atomic mass is 16.4. The molecule has 0 saturated heterocycles. The second kappa shape index (κ2) is 6.47. The van der Waals surface area contributed by atoms with Gasteiger partial charge in [-0.1, -0.05) is 6.92 Å². The lowest BCUT2D eigenvalue weighted by molar-refractivity contribution is -0.137.